The van der Waals surface area contributed by atoms with E-state index in [1.807, 2.05) is 0 Å². The van der Waals surface area contributed by atoms with Gasteiger partial charge in [0.15, 0.2) is 5.78 Å². The molecule has 0 aromatic heterocycles. The third-order valence-electron chi connectivity index (χ3n) is 2.00. The number of hydrogen-bond acceptors (Lipinski definition) is 4. The predicted molar refractivity (Wildman–Crippen MR) is 62.3 cm³/mol. The standard InChI is InChI=1S/C11H14ClNO3/c12-4-1-5-16-8-2-3-9(10(14)6-8)11(15)7-13/h2-3,6,14H,1,4-5,7,13H2. The lowest BCUT2D eigenvalue weighted by Crippen LogP contribution is -2.13. The van der Waals surface area contributed by atoms with Crippen LogP contribution in [-0.2, 0) is 0 Å². The minimum atomic E-state index is -0.301. The van der Waals surface area contributed by atoms with Gasteiger partial charge in [-0.25, -0.2) is 0 Å². The summed E-state index contributed by atoms with van der Waals surface area (Å²) in [5.74, 6) is 0.621. The lowest BCUT2D eigenvalue weighted by atomic mass is 10.1. The van der Waals surface area contributed by atoms with E-state index >= 15 is 0 Å². The van der Waals surface area contributed by atoms with E-state index in [0.717, 1.165) is 6.42 Å². The molecule has 16 heavy (non-hydrogen) atoms. The molecule has 0 unspecified atom stereocenters. The van der Waals surface area contributed by atoms with E-state index < -0.39 is 0 Å². The topological polar surface area (TPSA) is 72.6 Å². The van der Waals surface area contributed by atoms with Crippen molar-refractivity contribution in [3.05, 3.63) is 23.8 Å². The van der Waals surface area contributed by atoms with E-state index in [-0.39, 0.29) is 23.6 Å². The number of nitrogens with two attached hydrogens (primary N) is 1. The molecule has 0 radical (unpaired) electrons. The molecule has 1 aromatic rings. The molecular formula is C11H14ClNO3. The fourth-order valence-corrected chi connectivity index (χ4v) is 1.30. The molecule has 3 N–H and O–H groups in total. The molecule has 0 bridgehead atoms. The van der Waals surface area contributed by atoms with Crippen molar-refractivity contribution in [2.45, 2.75) is 6.42 Å². The molecule has 0 spiro atoms. The van der Waals surface area contributed by atoms with Gasteiger partial charge in [0, 0.05) is 11.9 Å². The Labute approximate surface area is 99.0 Å². The molecule has 0 atom stereocenters. The van der Waals surface area contributed by atoms with Gasteiger partial charge in [-0.3, -0.25) is 4.79 Å². The summed E-state index contributed by atoms with van der Waals surface area (Å²) in [6.45, 7) is 0.354. The monoisotopic (exact) mass is 243 g/mol. The van der Waals surface area contributed by atoms with Crippen LogP contribution < -0.4 is 10.5 Å². The van der Waals surface area contributed by atoms with Gasteiger partial charge < -0.3 is 15.6 Å². The summed E-state index contributed by atoms with van der Waals surface area (Å²) >= 11 is 5.50. The predicted octanol–water partition coefficient (Wildman–Crippen LogP) is 1.54. The Balaban J connectivity index is 2.71. The molecule has 4 nitrogen and oxygen atoms in total. The lowest BCUT2D eigenvalue weighted by Gasteiger charge is -2.07. The number of ether oxygens (including phenoxy) is 1. The number of benzene rings is 1. The van der Waals surface area contributed by atoms with E-state index in [2.05, 4.69) is 0 Å². The molecule has 0 aliphatic rings. The van der Waals surface area contributed by atoms with Crippen molar-refractivity contribution in [3.8, 4) is 11.5 Å². The molecular weight excluding hydrogens is 230 g/mol. The summed E-state index contributed by atoms with van der Waals surface area (Å²) in [7, 11) is 0. The van der Waals surface area contributed by atoms with Gasteiger partial charge in [-0.05, 0) is 18.6 Å². The lowest BCUT2D eigenvalue weighted by molar-refractivity contribution is 0.0999. The van der Waals surface area contributed by atoms with Crippen molar-refractivity contribution in [2.24, 2.45) is 5.73 Å². The number of phenolic OH excluding ortho intramolecular Hbond substituents is 1. The Kier molecular flexibility index (Phi) is 5.08. The van der Waals surface area contributed by atoms with E-state index in [4.69, 9.17) is 22.1 Å². The van der Waals surface area contributed by atoms with Gasteiger partial charge in [-0.2, -0.15) is 0 Å². The molecule has 0 aliphatic carbocycles. The Bertz CT molecular complexity index is 368. The second-order valence-electron chi connectivity index (χ2n) is 3.20. The van der Waals surface area contributed by atoms with Crippen molar-refractivity contribution < 1.29 is 14.6 Å². The third kappa shape index (κ3) is 3.40. The number of halogens is 1. The van der Waals surface area contributed by atoms with Gasteiger partial charge in [0.05, 0.1) is 18.7 Å². The largest absolute Gasteiger partial charge is 0.507 e. The molecule has 0 fully saturated rings. The van der Waals surface area contributed by atoms with Crippen molar-refractivity contribution >= 4 is 17.4 Å². The van der Waals surface area contributed by atoms with E-state index in [1.165, 1.54) is 12.1 Å². The molecule has 0 amide bonds. The van der Waals surface area contributed by atoms with Crippen molar-refractivity contribution in [1.82, 2.24) is 0 Å². The molecule has 88 valence electrons. The first kappa shape index (κ1) is 12.8. The maximum atomic E-state index is 11.3. The van der Waals surface area contributed by atoms with Crippen LogP contribution in [0.3, 0.4) is 0 Å². The van der Waals surface area contributed by atoms with Crippen LogP contribution in [0.15, 0.2) is 18.2 Å². The second-order valence-corrected chi connectivity index (χ2v) is 3.58. The van der Waals surface area contributed by atoms with Crippen LogP contribution in [0.25, 0.3) is 0 Å². The van der Waals surface area contributed by atoms with Crippen LogP contribution in [0.4, 0.5) is 0 Å². The number of Topliss-reactive ketones (excluding diaryl/α,β-unsaturated/α-hetero) is 1. The fraction of sp³-hybridized carbons (Fsp3) is 0.364. The first-order chi connectivity index (χ1) is 7.69. The SMILES string of the molecule is NCC(=O)c1ccc(OCCCCl)cc1O. The minimum Gasteiger partial charge on any atom is -0.507 e. The second kappa shape index (κ2) is 6.35. The van der Waals surface area contributed by atoms with Crippen molar-refractivity contribution in [1.29, 1.82) is 0 Å². The fourth-order valence-electron chi connectivity index (χ4n) is 1.19. The number of carbonyl (C=O) groups excluding carboxylic acids is 1. The van der Waals surface area contributed by atoms with E-state index in [0.29, 0.717) is 18.2 Å². The van der Waals surface area contributed by atoms with Crippen LogP contribution >= 0.6 is 11.6 Å². The molecule has 1 rings (SSSR count). The molecule has 0 aliphatic heterocycles. The number of hydrogen-bond donors (Lipinski definition) is 2. The zero-order valence-electron chi connectivity index (χ0n) is 8.78. The Morgan fingerprint density at radius 2 is 2.25 bits per heavy atom. The highest BCUT2D eigenvalue weighted by Gasteiger charge is 2.09. The average Bonchev–Trinajstić information content (AvgIpc) is 2.29. The number of phenols is 1. The summed E-state index contributed by atoms with van der Waals surface area (Å²) in [6, 6.07) is 4.52. The maximum absolute atomic E-state index is 11.3. The zero-order chi connectivity index (χ0) is 12.0. The third-order valence-corrected chi connectivity index (χ3v) is 2.27. The summed E-state index contributed by atoms with van der Waals surface area (Å²) in [6.07, 6.45) is 0.728. The normalized spacial score (nSPS) is 10.1. The van der Waals surface area contributed by atoms with Gasteiger partial charge >= 0.3 is 0 Å². The first-order valence-electron chi connectivity index (χ1n) is 4.94. The number of ketones is 1. The maximum Gasteiger partial charge on any atom is 0.180 e. The zero-order valence-corrected chi connectivity index (χ0v) is 9.54. The molecule has 0 heterocycles. The molecule has 0 saturated heterocycles. The summed E-state index contributed by atoms with van der Waals surface area (Å²) in [5.41, 5.74) is 5.42. The van der Waals surface area contributed by atoms with Gasteiger partial charge in [-0.1, -0.05) is 0 Å². The Hall–Kier alpha value is -1.26. The summed E-state index contributed by atoms with van der Waals surface area (Å²) in [5, 5.41) is 9.57. The van der Waals surface area contributed by atoms with Crippen LogP contribution in [0, 0.1) is 0 Å². The van der Waals surface area contributed by atoms with Gasteiger partial charge in [0.1, 0.15) is 11.5 Å². The quantitative estimate of drug-likeness (QED) is 0.452. The smallest absolute Gasteiger partial charge is 0.180 e. The van der Waals surface area contributed by atoms with Gasteiger partial charge in [-0.15, -0.1) is 11.6 Å². The minimum absolute atomic E-state index is 0.112. The Morgan fingerprint density at radius 1 is 1.50 bits per heavy atom. The highest BCUT2D eigenvalue weighted by molar-refractivity contribution is 6.17. The van der Waals surface area contributed by atoms with Crippen LogP contribution in [0.2, 0.25) is 0 Å². The number of carbonyl (C=O) groups is 1. The first-order valence-corrected chi connectivity index (χ1v) is 5.47. The summed E-state index contributed by atoms with van der Waals surface area (Å²) < 4.78 is 5.31. The van der Waals surface area contributed by atoms with Gasteiger partial charge in [0.25, 0.3) is 0 Å². The average molecular weight is 244 g/mol. The van der Waals surface area contributed by atoms with Crippen molar-refractivity contribution in [3.63, 3.8) is 0 Å². The molecule has 1 aromatic carbocycles. The number of rotatable bonds is 6. The highest BCUT2D eigenvalue weighted by atomic mass is 35.5. The number of aromatic hydroxyl groups is 1. The van der Waals surface area contributed by atoms with Crippen LogP contribution in [0.1, 0.15) is 16.8 Å². The summed E-state index contributed by atoms with van der Waals surface area (Å²) in [4.78, 5) is 11.3. The molecule has 5 heteroatoms. The van der Waals surface area contributed by atoms with E-state index in [1.54, 1.807) is 6.07 Å². The highest BCUT2D eigenvalue weighted by Crippen LogP contribution is 2.23. The Morgan fingerprint density at radius 3 is 2.81 bits per heavy atom. The van der Waals surface area contributed by atoms with Gasteiger partial charge in [0.2, 0.25) is 0 Å². The van der Waals surface area contributed by atoms with Crippen LogP contribution in [-0.4, -0.2) is 29.9 Å². The van der Waals surface area contributed by atoms with E-state index in [9.17, 15) is 9.90 Å². The number of alkyl halides is 1. The van der Waals surface area contributed by atoms with Crippen molar-refractivity contribution in [2.75, 3.05) is 19.0 Å². The van der Waals surface area contributed by atoms with Crippen LogP contribution in [0.5, 0.6) is 11.5 Å². The molecule has 0 saturated carbocycles.